The van der Waals surface area contributed by atoms with E-state index < -0.39 is 0 Å². The van der Waals surface area contributed by atoms with E-state index in [1.54, 1.807) is 6.92 Å². The maximum absolute atomic E-state index is 11.4. The number of fused-ring (bicyclic) bond motifs is 4. The Labute approximate surface area is 191 Å². The van der Waals surface area contributed by atoms with Crippen LogP contribution in [0.15, 0.2) is 11.1 Å². The first-order valence-corrected chi connectivity index (χ1v) is 13.3. The minimum absolute atomic E-state index is 0.0244. The molecule has 0 radical (unpaired) electrons. The van der Waals surface area contributed by atoms with Crippen LogP contribution in [-0.4, -0.2) is 17.0 Å². The molecule has 7 atom stereocenters. The smallest absolute Gasteiger partial charge is 0.129 e. The molecular formula is C29H48O2. The van der Waals surface area contributed by atoms with Gasteiger partial charge in [0.25, 0.3) is 0 Å². The Balaban J connectivity index is 1.63. The van der Waals surface area contributed by atoms with E-state index in [-0.39, 0.29) is 16.9 Å². The van der Waals surface area contributed by atoms with Crippen molar-refractivity contribution in [3.8, 4) is 0 Å². The van der Waals surface area contributed by atoms with Crippen LogP contribution in [0.25, 0.3) is 0 Å². The molecule has 0 heterocycles. The molecule has 4 aliphatic carbocycles. The van der Waals surface area contributed by atoms with Gasteiger partial charge in [-0.2, -0.15) is 0 Å². The number of ketones is 1. The van der Waals surface area contributed by atoms with E-state index in [1.165, 1.54) is 51.4 Å². The van der Waals surface area contributed by atoms with Gasteiger partial charge < -0.3 is 9.90 Å². The Kier molecular flexibility index (Phi) is 5.85. The average Bonchev–Trinajstić information content (AvgIpc) is 2.96. The number of aliphatic hydroxyl groups is 1. The first kappa shape index (κ1) is 23.5. The van der Waals surface area contributed by atoms with Crippen molar-refractivity contribution >= 4 is 5.78 Å². The van der Waals surface area contributed by atoms with Crippen molar-refractivity contribution in [2.45, 2.75) is 125 Å². The SMILES string of the molecule is CC(=O)CCC[C@@H](C)[C@H]1CC[C@@]2(C)C3=C(CC[C@]12C)[C@@]1(C)CC[C@H](O)C(C)(C)[C@@H]1CC3. The van der Waals surface area contributed by atoms with E-state index in [0.29, 0.717) is 28.4 Å². The molecule has 0 bridgehead atoms. The van der Waals surface area contributed by atoms with Crippen LogP contribution in [0.5, 0.6) is 0 Å². The second-order valence-corrected chi connectivity index (χ2v) is 13.3. The lowest BCUT2D eigenvalue weighted by Gasteiger charge is -2.62. The van der Waals surface area contributed by atoms with E-state index in [2.05, 4.69) is 41.5 Å². The van der Waals surface area contributed by atoms with Crippen molar-refractivity contribution in [2.24, 2.45) is 39.4 Å². The van der Waals surface area contributed by atoms with Crippen LogP contribution in [0.3, 0.4) is 0 Å². The lowest BCUT2D eigenvalue weighted by atomic mass is 9.43. The molecule has 2 nitrogen and oxygen atoms in total. The topological polar surface area (TPSA) is 37.3 Å². The summed E-state index contributed by atoms with van der Waals surface area (Å²) in [6.45, 7) is 16.7. The summed E-state index contributed by atoms with van der Waals surface area (Å²) in [5.41, 5.74) is 4.70. The van der Waals surface area contributed by atoms with Gasteiger partial charge in [-0.1, -0.05) is 59.1 Å². The van der Waals surface area contributed by atoms with Gasteiger partial charge in [0.15, 0.2) is 0 Å². The number of hydrogen-bond acceptors (Lipinski definition) is 2. The molecule has 0 aromatic heterocycles. The molecule has 0 aromatic carbocycles. The van der Waals surface area contributed by atoms with Gasteiger partial charge in [-0.05, 0) is 104 Å². The number of hydrogen-bond donors (Lipinski definition) is 1. The highest BCUT2D eigenvalue weighted by molar-refractivity contribution is 5.75. The minimum Gasteiger partial charge on any atom is -0.393 e. The first-order chi connectivity index (χ1) is 14.4. The fourth-order valence-electron chi connectivity index (χ4n) is 9.50. The van der Waals surface area contributed by atoms with Crippen LogP contribution in [0.2, 0.25) is 0 Å². The van der Waals surface area contributed by atoms with E-state index in [1.807, 2.05) is 11.1 Å². The fraction of sp³-hybridized carbons (Fsp3) is 0.897. The Morgan fingerprint density at radius 2 is 1.71 bits per heavy atom. The summed E-state index contributed by atoms with van der Waals surface area (Å²) in [4.78, 5) is 11.4. The standard InChI is InChI=1S/C29H48O2/c1-19(9-8-10-20(2)30)21-13-17-29(7)23-11-12-24-26(3,4)25(31)15-16-27(24,5)22(23)14-18-28(21,29)6/h19,21,24-25,31H,8-18H2,1-7H3/t19-,21-,24+,25+,27-,28-,29+/m1/s1. The van der Waals surface area contributed by atoms with Gasteiger partial charge in [0.2, 0.25) is 0 Å². The molecule has 0 saturated heterocycles. The molecule has 0 aliphatic heterocycles. The van der Waals surface area contributed by atoms with E-state index >= 15 is 0 Å². The molecular weight excluding hydrogens is 380 g/mol. The zero-order chi connectivity index (χ0) is 22.8. The maximum Gasteiger partial charge on any atom is 0.129 e. The molecule has 4 rings (SSSR count). The highest BCUT2D eigenvalue weighted by atomic mass is 16.3. The highest BCUT2D eigenvalue weighted by Gasteiger charge is 2.63. The number of carbonyl (C=O) groups is 1. The van der Waals surface area contributed by atoms with Gasteiger partial charge in [0.05, 0.1) is 6.10 Å². The van der Waals surface area contributed by atoms with Crippen molar-refractivity contribution < 1.29 is 9.90 Å². The monoisotopic (exact) mass is 428 g/mol. The van der Waals surface area contributed by atoms with Crippen LogP contribution in [0, 0.1) is 39.4 Å². The highest BCUT2D eigenvalue weighted by Crippen LogP contribution is 2.72. The zero-order valence-corrected chi connectivity index (χ0v) is 21.4. The summed E-state index contributed by atoms with van der Waals surface area (Å²) in [5.74, 6) is 2.45. The normalized spacial score (nSPS) is 45.0. The number of Topliss-reactive ketones (excluding diaryl/α,β-unsaturated/α-hetero) is 1. The first-order valence-electron chi connectivity index (χ1n) is 13.3. The van der Waals surface area contributed by atoms with Crippen molar-refractivity contribution in [1.82, 2.24) is 0 Å². The second-order valence-electron chi connectivity index (χ2n) is 13.3. The zero-order valence-electron chi connectivity index (χ0n) is 21.4. The lowest BCUT2D eigenvalue weighted by molar-refractivity contribution is -0.117. The summed E-state index contributed by atoms with van der Waals surface area (Å²) < 4.78 is 0. The molecule has 1 N–H and O–H groups in total. The van der Waals surface area contributed by atoms with Gasteiger partial charge in [-0.25, -0.2) is 0 Å². The van der Waals surface area contributed by atoms with Crippen molar-refractivity contribution in [1.29, 1.82) is 0 Å². The maximum atomic E-state index is 11.4. The van der Waals surface area contributed by atoms with Crippen LogP contribution in [-0.2, 0) is 4.79 Å². The predicted molar refractivity (Wildman–Crippen MR) is 129 cm³/mol. The van der Waals surface area contributed by atoms with Gasteiger partial charge >= 0.3 is 0 Å². The quantitative estimate of drug-likeness (QED) is 0.460. The number of aliphatic hydroxyl groups excluding tert-OH is 1. The summed E-state index contributed by atoms with van der Waals surface area (Å²) in [7, 11) is 0. The molecule has 2 fully saturated rings. The van der Waals surface area contributed by atoms with Crippen molar-refractivity contribution in [2.75, 3.05) is 0 Å². The average molecular weight is 429 g/mol. The van der Waals surface area contributed by atoms with Gasteiger partial charge in [-0.15, -0.1) is 0 Å². The van der Waals surface area contributed by atoms with Gasteiger partial charge in [0, 0.05) is 6.42 Å². The van der Waals surface area contributed by atoms with E-state index in [9.17, 15) is 9.90 Å². The van der Waals surface area contributed by atoms with Gasteiger partial charge in [-0.3, -0.25) is 0 Å². The molecule has 0 spiro atoms. The summed E-state index contributed by atoms with van der Waals surface area (Å²) in [6.07, 6.45) is 12.8. The molecule has 0 unspecified atom stereocenters. The molecule has 176 valence electrons. The van der Waals surface area contributed by atoms with Crippen molar-refractivity contribution in [3.05, 3.63) is 11.1 Å². The Morgan fingerprint density at radius 3 is 2.39 bits per heavy atom. The van der Waals surface area contributed by atoms with Crippen molar-refractivity contribution in [3.63, 3.8) is 0 Å². The molecule has 31 heavy (non-hydrogen) atoms. The second kappa shape index (κ2) is 7.71. The van der Waals surface area contributed by atoms with Gasteiger partial charge in [0.1, 0.15) is 5.78 Å². The molecule has 4 aliphatic rings. The van der Waals surface area contributed by atoms with Crippen LogP contribution >= 0.6 is 0 Å². The third-order valence-corrected chi connectivity index (χ3v) is 11.7. The lowest BCUT2D eigenvalue weighted by Crippen LogP contribution is -2.55. The Hall–Kier alpha value is -0.630. The minimum atomic E-state index is -0.149. The third kappa shape index (κ3) is 3.32. The Morgan fingerprint density at radius 1 is 1.00 bits per heavy atom. The van der Waals surface area contributed by atoms with Crippen LogP contribution in [0.1, 0.15) is 119 Å². The van der Waals surface area contributed by atoms with E-state index in [4.69, 9.17) is 0 Å². The van der Waals surface area contributed by atoms with Crippen LogP contribution in [0.4, 0.5) is 0 Å². The number of allylic oxidation sites excluding steroid dienone is 2. The summed E-state index contributed by atoms with van der Waals surface area (Å²) in [6, 6.07) is 0. The largest absolute Gasteiger partial charge is 0.393 e. The number of carbonyl (C=O) groups excluding carboxylic acids is 1. The summed E-state index contributed by atoms with van der Waals surface area (Å²) >= 11 is 0. The molecule has 2 saturated carbocycles. The van der Waals surface area contributed by atoms with E-state index in [0.717, 1.165) is 25.2 Å². The number of rotatable bonds is 5. The fourth-order valence-corrected chi connectivity index (χ4v) is 9.50. The van der Waals surface area contributed by atoms with Crippen LogP contribution < -0.4 is 0 Å². The molecule has 0 aromatic rings. The Bertz CT molecular complexity index is 763. The third-order valence-electron chi connectivity index (χ3n) is 11.7. The predicted octanol–water partition coefficient (Wildman–Crippen LogP) is 7.49. The summed E-state index contributed by atoms with van der Waals surface area (Å²) in [5, 5.41) is 10.8. The molecule has 0 amide bonds. The molecule has 2 heteroatoms.